The number of hydrogen-bond donors (Lipinski definition) is 1. The van der Waals surface area contributed by atoms with Crippen molar-refractivity contribution in [1.82, 2.24) is 10.2 Å². The van der Waals surface area contributed by atoms with E-state index in [1.165, 1.54) is 24.1 Å². The van der Waals surface area contributed by atoms with Crippen LogP contribution in [0.4, 0.5) is 5.69 Å². The molecule has 0 fully saturated rings. The zero-order chi connectivity index (χ0) is 27.2. The smallest absolute Gasteiger partial charge is 0.264 e. The van der Waals surface area contributed by atoms with Crippen molar-refractivity contribution in [1.29, 1.82) is 0 Å². The predicted molar refractivity (Wildman–Crippen MR) is 150 cm³/mol. The Bertz CT molecular complexity index is 1360. The van der Waals surface area contributed by atoms with Crippen LogP contribution >= 0.6 is 15.9 Å². The number of hydrogen-bond acceptors (Lipinski definition) is 4. The van der Waals surface area contributed by atoms with Gasteiger partial charge in [0, 0.05) is 18.1 Å². The highest BCUT2D eigenvalue weighted by Crippen LogP contribution is 2.27. The molecule has 0 radical (unpaired) electrons. The van der Waals surface area contributed by atoms with Crippen molar-refractivity contribution < 1.29 is 18.0 Å². The molecule has 3 aromatic carbocycles. The molecule has 0 saturated heterocycles. The van der Waals surface area contributed by atoms with E-state index in [2.05, 4.69) is 21.2 Å². The van der Waals surface area contributed by atoms with Gasteiger partial charge in [0.2, 0.25) is 11.8 Å². The van der Waals surface area contributed by atoms with Crippen LogP contribution in [0, 0.1) is 13.8 Å². The fraction of sp³-hybridized carbons (Fsp3) is 0.286. The molecule has 1 atom stereocenters. The number of benzene rings is 3. The lowest BCUT2D eigenvalue weighted by Gasteiger charge is -2.33. The molecule has 196 valence electrons. The summed E-state index contributed by atoms with van der Waals surface area (Å²) in [6.07, 6.45) is 0.374. The van der Waals surface area contributed by atoms with Crippen LogP contribution < -0.4 is 9.62 Å². The Hall–Kier alpha value is -3.17. The Morgan fingerprint density at radius 1 is 0.946 bits per heavy atom. The highest BCUT2D eigenvalue weighted by molar-refractivity contribution is 9.10. The number of likely N-dealkylation sites (N-methyl/N-ethyl adjacent to an activating group) is 1. The summed E-state index contributed by atoms with van der Waals surface area (Å²) in [5.41, 5.74) is 3.14. The predicted octanol–water partition coefficient (Wildman–Crippen LogP) is 4.81. The molecule has 9 heteroatoms. The molecule has 7 nitrogen and oxygen atoms in total. The molecule has 0 aliphatic heterocycles. The van der Waals surface area contributed by atoms with Gasteiger partial charge in [-0.15, -0.1) is 0 Å². The number of nitrogens with zero attached hydrogens (tertiary/aromatic N) is 2. The van der Waals surface area contributed by atoms with E-state index in [1.807, 2.05) is 45.0 Å². The van der Waals surface area contributed by atoms with E-state index in [9.17, 15) is 18.0 Å². The summed E-state index contributed by atoms with van der Waals surface area (Å²) in [7, 11) is -2.57. The monoisotopic (exact) mass is 585 g/mol. The van der Waals surface area contributed by atoms with Gasteiger partial charge in [-0.3, -0.25) is 13.9 Å². The van der Waals surface area contributed by atoms with Crippen LogP contribution in [0.25, 0.3) is 0 Å². The second-order valence-corrected chi connectivity index (χ2v) is 11.6. The molecular weight excluding hydrogens is 554 g/mol. The molecule has 0 unspecified atom stereocenters. The van der Waals surface area contributed by atoms with E-state index in [-0.39, 0.29) is 17.3 Å². The number of amides is 2. The lowest BCUT2D eigenvalue weighted by atomic mass is 10.1. The fourth-order valence-corrected chi connectivity index (χ4v) is 5.88. The number of rotatable bonds is 10. The van der Waals surface area contributed by atoms with E-state index in [0.29, 0.717) is 16.6 Å². The topological polar surface area (TPSA) is 86.8 Å². The van der Waals surface area contributed by atoms with Crippen LogP contribution in [-0.2, 0) is 26.2 Å². The van der Waals surface area contributed by atoms with Crippen molar-refractivity contribution in [2.45, 2.75) is 44.7 Å². The van der Waals surface area contributed by atoms with Crippen LogP contribution in [0.1, 0.15) is 30.0 Å². The molecule has 0 heterocycles. The van der Waals surface area contributed by atoms with E-state index in [1.54, 1.807) is 36.4 Å². The fourth-order valence-electron chi connectivity index (χ4n) is 4.09. The molecule has 37 heavy (non-hydrogen) atoms. The first-order chi connectivity index (χ1) is 17.6. The number of nitrogens with one attached hydrogen (secondary N) is 1. The van der Waals surface area contributed by atoms with Gasteiger partial charge < -0.3 is 10.2 Å². The number of carbonyl (C=O) groups excluding carboxylic acids is 2. The molecule has 0 aliphatic rings. The van der Waals surface area contributed by atoms with Gasteiger partial charge in [-0.05, 0) is 56.2 Å². The summed E-state index contributed by atoms with van der Waals surface area (Å²) in [4.78, 5) is 28.2. The third-order valence-corrected chi connectivity index (χ3v) is 8.33. The molecule has 0 bridgehead atoms. The highest BCUT2D eigenvalue weighted by atomic mass is 79.9. The van der Waals surface area contributed by atoms with Crippen LogP contribution in [0.15, 0.2) is 82.2 Å². The maximum absolute atomic E-state index is 13.9. The van der Waals surface area contributed by atoms with Crippen molar-refractivity contribution in [3.8, 4) is 0 Å². The minimum atomic E-state index is -4.09. The average molecular weight is 587 g/mol. The van der Waals surface area contributed by atoms with Gasteiger partial charge in [0.1, 0.15) is 12.6 Å². The van der Waals surface area contributed by atoms with Crippen LogP contribution in [0.2, 0.25) is 0 Å². The minimum Gasteiger partial charge on any atom is -0.357 e. The molecule has 0 aromatic heterocycles. The van der Waals surface area contributed by atoms with Crippen molar-refractivity contribution >= 4 is 43.5 Å². The summed E-state index contributed by atoms with van der Waals surface area (Å²) in [6, 6.07) is 20.2. The van der Waals surface area contributed by atoms with E-state index in [4.69, 9.17) is 0 Å². The Kier molecular flexibility index (Phi) is 9.50. The van der Waals surface area contributed by atoms with Crippen LogP contribution in [0.5, 0.6) is 0 Å². The zero-order valence-corrected chi connectivity index (χ0v) is 23.8. The Morgan fingerprint density at radius 2 is 1.62 bits per heavy atom. The number of anilines is 1. The second kappa shape index (κ2) is 12.4. The van der Waals surface area contributed by atoms with Gasteiger partial charge in [0.25, 0.3) is 10.0 Å². The lowest BCUT2D eigenvalue weighted by Crippen LogP contribution is -2.51. The van der Waals surface area contributed by atoms with Gasteiger partial charge in [0.05, 0.1) is 10.6 Å². The van der Waals surface area contributed by atoms with Crippen LogP contribution in [0.3, 0.4) is 0 Å². The average Bonchev–Trinajstić information content (AvgIpc) is 2.87. The van der Waals surface area contributed by atoms with Crippen LogP contribution in [-0.4, -0.2) is 44.8 Å². The first-order valence-electron chi connectivity index (χ1n) is 12.0. The molecule has 0 aliphatic carbocycles. The third-order valence-electron chi connectivity index (χ3n) is 6.05. The molecule has 0 spiro atoms. The minimum absolute atomic E-state index is 0.0782. The van der Waals surface area contributed by atoms with Crippen molar-refractivity contribution in [2.24, 2.45) is 0 Å². The first-order valence-corrected chi connectivity index (χ1v) is 14.2. The number of carbonyl (C=O) groups is 2. The summed E-state index contributed by atoms with van der Waals surface area (Å²) < 4.78 is 29.4. The van der Waals surface area contributed by atoms with Crippen molar-refractivity contribution in [3.05, 3.63) is 94.0 Å². The molecule has 0 saturated carbocycles. The maximum atomic E-state index is 13.9. The number of sulfonamides is 1. The van der Waals surface area contributed by atoms with Gasteiger partial charge in [-0.2, -0.15) is 0 Å². The van der Waals surface area contributed by atoms with Crippen molar-refractivity contribution in [2.75, 3.05) is 17.9 Å². The third kappa shape index (κ3) is 6.99. The molecule has 3 aromatic rings. The van der Waals surface area contributed by atoms with Gasteiger partial charge in [0.15, 0.2) is 0 Å². The van der Waals surface area contributed by atoms with Gasteiger partial charge in [-0.25, -0.2) is 8.42 Å². The molecule has 2 amide bonds. The van der Waals surface area contributed by atoms with Gasteiger partial charge >= 0.3 is 0 Å². The van der Waals surface area contributed by atoms with Crippen molar-refractivity contribution in [3.63, 3.8) is 0 Å². The zero-order valence-electron chi connectivity index (χ0n) is 21.4. The normalized spacial score (nSPS) is 12.0. The van der Waals surface area contributed by atoms with E-state index < -0.39 is 28.5 Å². The molecule has 3 rings (SSSR count). The largest absolute Gasteiger partial charge is 0.357 e. The SMILES string of the molecule is CC[C@@H](C(=O)NC)N(Cc1cccc(C)c1)C(=O)CN(c1cccc(Br)c1)S(=O)(=O)c1ccc(C)cc1. The summed E-state index contributed by atoms with van der Waals surface area (Å²) in [5, 5.41) is 2.63. The summed E-state index contributed by atoms with van der Waals surface area (Å²) in [5.74, 6) is -0.786. The standard InChI is InChI=1S/C28H32BrN3O4S/c1-5-26(28(34)30-4)31(18-22-9-6-8-21(3)16-22)27(33)19-32(24-11-7-10-23(29)17-24)37(35,36)25-14-12-20(2)13-15-25/h6-17,26H,5,18-19H2,1-4H3,(H,30,34)/t26-/m0/s1. The first kappa shape index (κ1) is 28.4. The molecular formula is C28H32BrN3O4S. The van der Waals surface area contributed by atoms with Gasteiger partial charge in [-0.1, -0.05) is 76.4 Å². The number of aryl methyl sites for hydroxylation is 2. The number of halogens is 1. The van der Waals surface area contributed by atoms with E-state index >= 15 is 0 Å². The Labute approximate surface area is 227 Å². The lowest BCUT2D eigenvalue weighted by molar-refractivity contribution is -0.140. The maximum Gasteiger partial charge on any atom is 0.264 e. The molecule has 1 N–H and O–H groups in total. The summed E-state index contributed by atoms with van der Waals surface area (Å²) in [6.45, 7) is 5.36. The summed E-state index contributed by atoms with van der Waals surface area (Å²) >= 11 is 3.40. The van der Waals surface area contributed by atoms with E-state index in [0.717, 1.165) is 21.0 Å². The highest BCUT2D eigenvalue weighted by Gasteiger charge is 2.33. The quantitative estimate of drug-likeness (QED) is 0.370. The Morgan fingerprint density at radius 3 is 2.22 bits per heavy atom. The Balaban J connectivity index is 2.06. The second-order valence-electron chi connectivity index (χ2n) is 8.85.